The van der Waals surface area contributed by atoms with Crippen molar-refractivity contribution in [2.24, 2.45) is 0 Å². The summed E-state index contributed by atoms with van der Waals surface area (Å²) >= 11 is 1.54. The number of benzene rings is 2. The van der Waals surface area contributed by atoms with E-state index in [1.165, 1.54) is 6.07 Å². The number of amides is 1. The predicted octanol–water partition coefficient (Wildman–Crippen LogP) is 4.60. The summed E-state index contributed by atoms with van der Waals surface area (Å²) in [6.07, 6.45) is 0. The van der Waals surface area contributed by atoms with Crippen LogP contribution in [0.2, 0.25) is 0 Å². The van der Waals surface area contributed by atoms with Gasteiger partial charge in [-0.25, -0.2) is 4.39 Å². The van der Waals surface area contributed by atoms with Gasteiger partial charge in [0.25, 0.3) is 0 Å². The zero-order valence-corrected chi connectivity index (χ0v) is 16.3. The van der Waals surface area contributed by atoms with Gasteiger partial charge in [-0.05, 0) is 26.0 Å². The van der Waals surface area contributed by atoms with Crippen LogP contribution in [0.3, 0.4) is 0 Å². The number of rotatable bonds is 4. The Kier molecular flexibility index (Phi) is 5.09. The van der Waals surface area contributed by atoms with Crippen molar-refractivity contribution >= 4 is 23.5 Å². The smallest absolute Gasteiger partial charge is 0.238 e. The number of para-hydroxylation sites is 1. The maximum absolute atomic E-state index is 14.0. The number of nitrogens with one attached hydrogen (secondary N) is 2. The molecular formula is C21H20FN3O2S. The SMILES string of the molecule is Cc1[nH]nc2c1C(c1ccccc1OCc1ccccc1F)SC(C)C(=O)N2. The molecule has 1 aliphatic rings. The first kappa shape index (κ1) is 18.6. The maximum atomic E-state index is 14.0. The zero-order valence-electron chi connectivity index (χ0n) is 15.5. The molecule has 2 N–H and O–H groups in total. The van der Waals surface area contributed by atoms with E-state index in [9.17, 15) is 9.18 Å². The molecule has 28 heavy (non-hydrogen) atoms. The Hall–Kier alpha value is -2.80. The maximum Gasteiger partial charge on any atom is 0.238 e. The Bertz CT molecular complexity index is 1020. The first-order valence-corrected chi connectivity index (χ1v) is 9.95. The highest BCUT2D eigenvalue weighted by atomic mass is 32.2. The van der Waals surface area contributed by atoms with Crippen molar-refractivity contribution in [1.82, 2.24) is 10.2 Å². The third-order valence-electron chi connectivity index (χ3n) is 4.75. The Balaban J connectivity index is 1.70. The second-order valence-electron chi connectivity index (χ2n) is 6.68. The Morgan fingerprint density at radius 2 is 1.93 bits per heavy atom. The van der Waals surface area contributed by atoms with E-state index in [1.807, 2.05) is 38.1 Å². The Labute approximate surface area is 166 Å². The van der Waals surface area contributed by atoms with Gasteiger partial charge in [0.1, 0.15) is 18.2 Å². The Morgan fingerprint density at radius 3 is 2.75 bits per heavy atom. The lowest BCUT2D eigenvalue weighted by Gasteiger charge is -2.21. The van der Waals surface area contributed by atoms with Crippen LogP contribution in [0.1, 0.15) is 34.6 Å². The molecule has 2 aromatic carbocycles. The normalized spacial score (nSPS) is 18.9. The van der Waals surface area contributed by atoms with E-state index in [0.29, 0.717) is 17.1 Å². The Morgan fingerprint density at radius 1 is 1.18 bits per heavy atom. The molecule has 2 heterocycles. The number of nitrogens with zero attached hydrogens (tertiary/aromatic N) is 1. The average Bonchev–Trinajstić information content (AvgIpc) is 2.99. The second kappa shape index (κ2) is 7.67. The molecule has 3 aromatic rings. The van der Waals surface area contributed by atoms with Crippen molar-refractivity contribution < 1.29 is 13.9 Å². The van der Waals surface area contributed by atoms with Crippen LogP contribution in [0.4, 0.5) is 10.2 Å². The molecule has 1 amide bonds. The van der Waals surface area contributed by atoms with E-state index in [0.717, 1.165) is 16.8 Å². The number of hydrogen-bond donors (Lipinski definition) is 2. The number of hydrogen-bond acceptors (Lipinski definition) is 4. The molecule has 4 rings (SSSR count). The number of halogens is 1. The number of anilines is 1. The summed E-state index contributed by atoms with van der Waals surface area (Å²) in [5, 5.41) is 9.70. The third kappa shape index (κ3) is 3.49. The first-order chi connectivity index (χ1) is 13.5. The van der Waals surface area contributed by atoms with E-state index in [4.69, 9.17) is 4.74 Å². The zero-order chi connectivity index (χ0) is 19.7. The molecule has 0 radical (unpaired) electrons. The molecule has 0 saturated carbocycles. The van der Waals surface area contributed by atoms with Crippen molar-refractivity contribution in [3.8, 4) is 5.75 Å². The van der Waals surface area contributed by atoms with Crippen LogP contribution in [0.25, 0.3) is 0 Å². The highest BCUT2D eigenvalue weighted by Crippen LogP contribution is 2.47. The lowest BCUT2D eigenvalue weighted by atomic mass is 10.0. The van der Waals surface area contributed by atoms with Crippen LogP contribution in [0.15, 0.2) is 48.5 Å². The van der Waals surface area contributed by atoms with Crippen LogP contribution in [0.5, 0.6) is 5.75 Å². The number of carbonyl (C=O) groups excluding carboxylic acids is 1. The summed E-state index contributed by atoms with van der Waals surface area (Å²) in [6.45, 7) is 3.94. The van der Waals surface area contributed by atoms with Gasteiger partial charge in [-0.1, -0.05) is 36.4 Å². The fourth-order valence-corrected chi connectivity index (χ4v) is 4.59. The van der Waals surface area contributed by atoms with Gasteiger partial charge in [-0.3, -0.25) is 9.89 Å². The van der Waals surface area contributed by atoms with Crippen molar-refractivity contribution in [2.45, 2.75) is 31.0 Å². The van der Waals surface area contributed by atoms with Crippen molar-refractivity contribution in [2.75, 3.05) is 5.32 Å². The number of carbonyl (C=O) groups is 1. The molecular weight excluding hydrogens is 377 g/mol. The van der Waals surface area contributed by atoms with E-state index >= 15 is 0 Å². The van der Waals surface area contributed by atoms with Crippen molar-refractivity contribution in [1.29, 1.82) is 0 Å². The molecule has 1 aliphatic heterocycles. The minimum Gasteiger partial charge on any atom is -0.488 e. The molecule has 0 bridgehead atoms. The molecule has 5 nitrogen and oxygen atoms in total. The highest BCUT2D eigenvalue weighted by Gasteiger charge is 2.33. The van der Waals surface area contributed by atoms with Gasteiger partial charge in [0.05, 0.1) is 10.5 Å². The molecule has 1 aromatic heterocycles. The quantitative estimate of drug-likeness (QED) is 0.675. The van der Waals surface area contributed by atoms with Gasteiger partial charge in [-0.15, -0.1) is 11.8 Å². The van der Waals surface area contributed by atoms with E-state index in [1.54, 1.807) is 30.0 Å². The second-order valence-corrected chi connectivity index (χ2v) is 8.13. The number of fused-ring (bicyclic) bond motifs is 1. The van der Waals surface area contributed by atoms with Crippen LogP contribution in [-0.4, -0.2) is 21.4 Å². The van der Waals surface area contributed by atoms with Gasteiger partial charge in [0.15, 0.2) is 5.82 Å². The molecule has 2 atom stereocenters. The van der Waals surface area contributed by atoms with Crippen molar-refractivity contribution in [3.63, 3.8) is 0 Å². The molecule has 0 fully saturated rings. The number of aromatic amines is 1. The van der Waals surface area contributed by atoms with Crippen LogP contribution >= 0.6 is 11.8 Å². The van der Waals surface area contributed by atoms with Crippen LogP contribution in [-0.2, 0) is 11.4 Å². The third-order valence-corrected chi connectivity index (χ3v) is 6.13. The predicted molar refractivity (Wildman–Crippen MR) is 108 cm³/mol. The average molecular weight is 397 g/mol. The number of aromatic nitrogens is 2. The fourth-order valence-electron chi connectivity index (χ4n) is 3.23. The number of aryl methyl sites for hydroxylation is 1. The van der Waals surface area contributed by atoms with Gasteiger partial charge in [0, 0.05) is 22.4 Å². The minimum absolute atomic E-state index is 0.0787. The van der Waals surface area contributed by atoms with Gasteiger partial charge in [-0.2, -0.15) is 5.10 Å². The lowest BCUT2D eigenvalue weighted by Crippen LogP contribution is -2.21. The summed E-state index contributed by atoms with van der Waals surface area (Å²) in [5.41, 5.74) is 3.25. The van der Waals surface area contributed by atoms with E-state index in [-0.39, 0.29) is 28.8 Å². The highest BCUT2D eigenvalue weighted by molar-refractivity contribution is 8.01. The number of thioether (sulfide) groups is 1. The first-order valence-electron chi connectivity index (χ1n) is 9.01. The van der Waals surface area contributed by atoms with Gasteiger partial charge < -0.3 is 10.1 Å². The van der Waals surface area contributed by atoms with Crippen LogP contribution in [0, 0.1) is 12.7 Å². The largest absolute Gasteiger partial charge is 0.488 e. The minimum atomic E-state index is -0.291. The lowest BCUT2D eigenvalue weighted by molar-refractivity contribution is -0.115. The summed E-state index contributed by atoms with van der Waals surface area (Å²) in [5.74, 6) is 0.842. The summed E-state index contributed by atoms with van der Waals surface area (Å²) < 4.78 is 20.0. The van der Waals surface area contributed by atoms with E-state index < -0.39 is 0 Å². The summed E-state index contributed by atoms with van der Waals surface area (Å²) in [4.78, 5) is 12.3. The topological polar surface area (TPSA) is 67.0 Å². The molecule has 2 unspecified atom stereocenters. The summed E-state index contributed by atoms with van der Waals surface area (Å²) in [7, 11) is 0. The molecule has 7 heteroatoms. The number of ether oxygens (including phenoxy) is 1. The molecule has 144 valence electrons. The molecule has 0 spiro atoms. The number of H-pyrrole nitrogens is 1. The standard InChI is InChI=1S/C21H20FN3O2S/c1-12-18-19(28-13(2)21(26)23-20(18)25-24-12)15-8-4-6-10-17(15)27-11-14-7-3-5-9-16(14)22/h3-10,13,19H,11H2,1-2H3,(H2,23,24,25,26). The van der Waals surface area contributed by atoms with Crippen molar-refractivity contribution in [3.05, 3.63) is 76.7 Å². The molecule has 0 aliphatic carbocycles. The summed E-state index contributed by atoms with van der Waals surface area (Å²) in [6, 6.07) is 14.2. The molecule has 0 saturated heterocycles. The van der Waals surface area contributed by atoms with E-state index in [2.05, 4.69) is 15.5 Å². The fraction of sp³-hybridized carbons (Fsp3) is 0.238. The van der Waals surface area contributed by atoms with Gasteiger partial charge in [0.2, 0.25) is 5.91 Å². The van der Waals surface area contributed by atoms with Gasteiger partial charge >= 0.3 is 0 Å². The monoisotopic (exact) mass is 397 g/mol. The van der Waals surface area contributed by atoms with Crippen LogP contribution < -0.4 is 10.1 Å².